The summed E-state index contributed by atoms with van der Waals surface area (Å²) in [6.45, 7) is 1.44. The molecule has 0 spiro atoms. The Kier molecular flexibility index (Phi) is 5.83. The first kappa shape index (κ1) is 17.6. The van der Waals surface area contributed by atoms with Crippen LogP contribution in [0.25, 0.3) is 11.3 Å². The minimum absolute atomic E-state index is 0.138. The Bertz CT molecular complexity index is 701. The quantitative estimate of drug-likeness (QED) is 0.459. The first-order valence-corrected chi connectivity index (χ1v) is 9.04. The molecule has 0 radical (unpaired) electrons. The van der Waals surface area contributed by atoms with Crippen LogP contribution in [0.15, 0.2) is 24.3 Å². The van der Waals surface area contributed by atoms with E-state index in [4.69, 9.17) is 21.3 Å². The predicted octanol–water partition coefficient (Wildman–Crippen LogP) is 2.72. The van der Waals surface area contributed by atoms with Crippen LogP contribution in [0.1, 0.15) is 49.3 Å². The number of aromatic nitrogens is 2. The second-order valence-corrected chi connectivity index (χ2v) is 6.63. The summed E-state index contributed by atoms with van der Waals surface area (Å²) in [4.78, 5) is 0. The lowest BCUT2D eigenvalue weighted by molar-refractivity contribution is 0.292. The maximum Gasteiger partial charge on any atom is 0.131 e. The molecule has 1 aliphatic rings. The highest BCUT2D eigenvalue weighted by molar-refractivity contribution is 5.92. The zero-order valence-corrected chi connectivity index (χ0v) is 14.5. The van der Waals surface area contributed by atoms with Crippen LogP contribution in [-0.2, 0) is 6.54 Å². The molecular weight excluding hydrogens is 314 g/mol. The third-order valence-electron chi connectivity index (χ3n) is 4.90. The fraction of sp³-hybridized carbons (Fsp3) is 0.474. The smallest absolute Gasteiger partial charge is 0.131 e. The zero-order valence-electron chi connectivity index (χ0n) is 14.5. The van der Waals surface area contributed by atoms with Gasteiger partial charge in [0.1, 0.15) is 11.5 Å². The molecule has 0 aliphatic heterocycles. The van der Waals surface area contributed by atoms with Gasteiger partial charge in [0.2, 0.25) is 0 Å². The van der Waals surface area contributed by atoms with E-state index in [-0.39, 0.29) is 6.61 Å². The van der Waals surface area contributed by atoms with Crippen molar-refractivity contribution in [1.29, 1.82) is 5.41 Å². The van der Waals surface area contributed by atoms with Gasteiger partial charge in [-0.05, 0) is 18.4 Å². The molecular formula is C19H27N5O. The fourth-order valence-corrected chi connectivity index (χ4v) is 3.51. The molecule has 1 heterocycles. The molecule has 134 valence electrons. The zero-order chi connectivity index (χ0) is 17.6. The Morgan fingerprint density at radius 3 is 2.60 bits per heavy atom. The van der Waals surface area contributed by atoms with Crippen LogP contribution in [0.5, 0.6) is 0 Å². The molecule has 0 amide bonds. The Labute approximate surface area is 148 Å². The fourth-order valence-electron chi connectivity index (χ4n) is 3.51. The topological polar surface area (TPSA) is 100.0 Å². The lowest BCUT2D eigenvalue weighted by Gasteiger charge is -2.22. The van der Waals surface area contributed by atoms with Gasteiger partial charge in [0.05, 0.1) is 18.2 Å². The number of hydrogen-bond acceptors (Lipinski definition) is 5. The second-order valence-electron chi connectivity index (χ2n) is 6.63. The van der Waals surface area contributed by atoms with Gasteiger partial charge in [-0.1, -0.05) is 43.5 Å². The molecule has 5 N–H and O–H groups in total. The van der Waals surface area contributed by atoms with Gasteiger partial charge in [-0.3, -0.25) is 0 Å². The summed E-state index contributed by atoms with van der Waals surface area (Å²) in [6, 6.07) is 8.49. The van der Waals surface area contributed by atoms with E-state index in [0.29, 0.717) is 24.0 Å². The van der Waals surface area contributed by atoms with E-state index in [0.717, 1.165) is 36.2 Å². The van der Waals surface area contributed by atoms with Crippen LogP contribution in [-0.4, -0.2) is 34.3 Å². The van der Waals surface area contributed by atoms with Gasteiger partial charge >= 0.3 is 0 Å². The number of hydrogen-bond donors (Lipinski definition) is 4. The van der Waals surface area contributed by atoms with Gasteiger partial charge in [0, 0.05) is 24.9 Å². The van der Waals surface area contributed by atoms with Crippen molar-refractivity contribution in [2.45, 2.75) is 44.7 Å². The molecule has 6 heteroatoms. The average Bonchev–Trinajstić information content (AvgIpc) is 2.99. The molecule has 1 saturated carbocycles. The Balaban J connectivity index is 1.84. The molecule has 1 aliphatic carbocycles. The molecule has 1 aromatic carbocycles. The van der Waals surface area contributed by atoms with E-state index >= 15 is 0 Å². The number of nitrogen functional groups attached to an aromatic ring is 1. The van der Waals surface area contributed by atoms with Crippen molar-refractivity contribution in [2.75, 3.05) is 18.9 Å². The summed E-state index contributed by atoms with van der Waals surface area (Å²) >= 11 is 0. The predicted molar refractivity (Wildman–Crippen MR) is 101 cm³/mol. The molecule has 0 atom stereocenters. The van der Waals surface area contributed by atoms with E-state index in [1.165, 1.54) is 25.5 Å². The summed E-state index contributed by atoms with van der Waals surface area (Å²) in [7, 11) is 0. The van der Waals surface area contributed by atoms with Gasteiger partial charge < -0.3 is 21.6 Å². The van der Waals surface area contributed by atoms with E-state index in [2.05, 4.69) is 5.32 Å². The van der Waals surface area contributed by atoms with Crippen molar-refractivity contribution >= 4 is 12.0 Å². The average molecular weight is 341 g/mol. The molecule has 1 aromatic heterocycles. The van der Waals surface area contributed by atoms with E-state index in [1.54, 1.807) is 0 Å². The SMILES string of the molecule is N=Cc1c(-c2ccc(CNCCO)cc2)nn(C2CCCCC2)c1N. The molecule has 1 fully saturated rings. The maximum absolute atomic E-state index is 8.82. The van der Waals surface area contributed by atoms with Crippen LogP contribution in [0.2, 0.25) is 0 Å². The number of rotatable bonds is 7. The Morgan fingerprint density at radius 1 is 1.24 bits per heavy atom. The van der Waals surface area contributed by atoms with E-state index in [9.17, 15) is 0 Å². The van der Waals surface area contributed by atoms with Crippen molar-refractivity contribution in [3.05, 3.63) is 35.4 Å². The Morgan fingerprint density at radius 2 is 1.96 bits per heavy atom. The summed E-state index contributed by atoms with van der Waals surface area (Å²) < 4.78 is 1.94. The minimum atomic E-state index is 0.138. The number of nitrogens with zero attached hydrogens (tertiary/aromatic N) is 2. The summed E-state index contributed by atoms with van der Waals surface area (Å²) in [5, 5.41) is 24.5. The molecule has 25 heavy (non-hydrogen) atoms. The highest BCUT2D eigenvalue weighted by Crippen LogP contribution is 2.34. The number of aliphatic hydroxyl groups excluding tert-OH is 1. The molecule has 0 unspecified atom stereocenters. The standard InChI is InChI=1S/C19H27N5O/c20-12-17-18(15-8-6-14(7-9-15)13-22-10-11-25)23-24(19(17)21)16-4-2-1-3-5-16/h6-9,12,16,20,22,25H,1-5,10-11,13,21H2. The first-order chi connectivity index (χ1) is 12.2. The van der Waals surface area contributed by atoms with Gasteiger partial charge in [-0.15, -0.1) is 0 Å². The van der Waals surface area contributed by atoms with Crippen molar-refractivity contribution < 1.29 is 5.11 Å². The molecule has 3 rings (SSSR count). The van der Waals surface area contributed by atoms with E-state index in [1.807, 2.05) is 28.9 Å². The van der Waals surface area contributed by atoms with Crippen LogP contribution in [0.4, 0.5) is 5.82 Å². The van der Waals surface area contributed by atoms with Gasteiger partial charge in [0.25, 0.3) is 0 Å². The van der Waals surface area contributed by atoms with Crippen LogP contribution in [0.3, 0.4) is 0 Å². The minimum Gasteiger partial charge on any atom is -0.395 e. The third-order valence-corrected chi connectivity index (χ3v) is 4.90. The maximum atomic E-state index is 8.82. The number of aliphatic hydroxyl groups is 1. The molecule has 2 aromatic rings. The van der Waals surface area contributed by atoms with Crippen molar-refractivity contribution in [3.8, 4) is 11.3 Å². The van der Waals surface area contributed by atoms with Crippen LogP contribution < -0.4 is 11.1 Å². The summed E-state index contributed by atoms with van der Waals surface area (Å²) in [5.41, 5.74) is 9.92. The van der Waals surface area contributed by atoms with Gasteiger partial charge in [-0.25, -0.2) is 4.68 Å². The van der Waals surface area contributed by atoms with Gasteiger partial charge in [0.15, 0.2) is 0 Å². The third kappa shape index (κ3) is 3.91. The van der Waals surface area contributed by atoms with Crippen molar-refractivity contribution in [2.24, 2.45) is 0 Å². The van der Waals surface area contributed by atoms with Crippen molar-refractivity contribution in [3.63, 3.8) is 0 Å². The van der Waals surface area contributed by atoms with Crippen LogP contribution in [0, 0.1) is 5.41 Å². The van der Waals surface area contributed by atoms with E-state index < -0.39 is 0 Å². The number of anilines is 1. The molecule has 0 saturated heterocycles. The highest BCUT2D eigenvalue weighted by atomic mass is 16.3. The molecule has 6 nitrogen and oxygen atoms in total. The first-order valence-electron chi connectivity index (χ1n) is 9.04. The van der Waals surface area contributed by atoms with Crippen LogP contribution >= 0.6 is 0 Å². The lowest BCUT2D eigenvalue weighted by Crippen LogP contribution is -2.17. The largest absolute Gasteiger partial charge is 0.395 e. The number of nitrogens with two attached hydrogens (primary N) is 1. The summed E-state index contributed by atoms with van der Waals surface area (Å²) in [5.74, 6) is 0.602. The number of benzene rings is 1. The monoisotopic (exact) mass is 341 g/mol. The highest BCUT2D eigenvalue weighted by Gasteiger charge is 2.22. The second kappa shape index (κ2) is 8.27. The lowest BCUT2D eigenvalue weighted by atomic mass is 9.96. The van der Waals surface area contributed by atoms with Crippen molar-refractivity contribution in [1.82, 2.24) is 15.1 Å². The Hall–Kier alpha value is -2.18. The molecule has 0 bridgehead atoms. The number of nitrogens with one attached hydrogen (secondary N) is 2. The van der Waals surface area contributed by atoms with Gasteiger partial charge in [-0.2, -0.15) is 5.10 Å². The summed E-state index contributed by atoms with van der Waals surface area (Å²) in [6.07, 6.45) is 7.25. The normalized spacial score (nSPS) is 15.4.